The van der Waals surface area contributed by atoms with Crippen molar-refractivity contribution in [3.8, 4) is 0 Å². The summed E-state index contributed by atoms with van der Waals surface area (Å²) in [6.07, 6.45) is 0. The standard InChI is InChI=1S/C2H6N2O2.H3N/c1-2(5)6-4-3;/h4H,3H2,1H3;1H3. The Bertz CT molecular complexity index is 54.9. The van der Waals surface area contributed by atoms with Gasteiger partial charge in [0, 0.05) is 6.92 Å². The molecule has 5 nitrogen and oxygen atoms in total. The monoisotopic (exact) mass is 107 g/mol. The van der Waals surface area contributed by atoms with Crippen LogP contribution in [0.1, 0.15) is 6.92 Å². The second kappa shape index (κ2) is 5.35. The van der Waals surface area contributed by atoms with E-state index in [0.29, 0.717) is 0 Å². The zero-order valence-electron chi connectivity index (χ0n) is 4.10. The molecule has 0 atom stereocenters. The molecule has 0 amide bonds. The summed E-state index contributed by atoms with van der Waals surface area (Å²) in [5.41, 5.74) is 1.72. The van der Waals surface area contributed by atoms with Crippen molar-refractivity contribution < 1.29 is 9.63 Å². The second-order valence-corrected chi connectivity index (χ2v) is 0.711. The van der Waals surface area contributed by atoms with E-state index in [2.05, 4.69) is 10.7 Å². The molecule has 0 bridgehead atoms. The Morgan fingerprint density at radius 3 is 2.29 bits per heavy atom. The molecule has 0 heterocycles. The molecule has 0 aliphatic heterocycles. The number of nitrogens with two attached hydrogens (primary N) is 1. The number of hydrogen-bond donors (Lipinski definition) is 3. The largest absolute Gasteiger partial charge is 0.356 e. The minimum atomic E-state index is -0.447. The molecule has 0 aromatic rings. The van der Waals surface area contributed by atoms with Crippen LogP contribution in [0, 0.1) is 0 Å². The van der Waals surface area contributed by atoms with Gasteiger partial charge in [-0.05, 0) is 0 Å². The zero-order chi connectivity index (χ0) is 4.99. The maximum Gasteiger partial charge on any atom is 0.323 e. The van der Waals surface area contributed by atoms with Crippen LogP contribution in [0.3, 0.4) is 0 Å². The Morgan fingerprint density at radius 2 is 2.29 bits per heavy atom. The fourth-order valence-electron chi connectivity index (χ4n) is 0.0830. The van der Waals surface area contributed by atoms with Crippen molar-refractivity contribution in [3.63, 3.8) is 0 Å². The average Bonchev–Trinajstić information content (AvgIpc) is 1.35. The highest BCUT2D eigenvalue weighted by atomic mass is 16.7. The van der Waals surface area contributed by atoms with E-state index in [1.54, 1.807) is 5.59 Å². The van der Waals surface area contributed by atoms with Crippen LogP contribution in [0.4, 0.5) is 0 Å². The second-order valence-electron chi connectivity index (χ2n) is 0.711. The van der Waals surface area contributed by atoms with Crippen molar-refractivity contribution in [2.75, 3.05) is 0 Å². The minimum absolute atomic E-state index is 0. The number of carbonyl (C=O) groups is 1. The highest BCUT2D eigenvalue weighted by Gasteiger charge is 1.81. The van der Waals surface area contributed by atoms with Gasteiger partial charge in [-0.1, -0.05) is 5.59 Å². The molecule has 6 N–H and O–H groups in total. The molecule has 7 heavy (non-hydrogen) atoms. The number of hydrazine groups is 1. The van der Waals surface area contributed by atoms with Crippen molar-refractivity contribution in [1.82, 2.24) is 11.7 Å². The van der Waals surface area contributed by atoms with Gasteiger partial charge in [0.15, 0.2) is 0 Å². The van der Waals surface area contributed by atoms with E-state index >= 15 is 0 Å². The maximum absolute atomic E-state index is 9.68. The zero-order valence-corrected chi connectivity index (χ0v) is 4.10. The smallest absolute Gasteiger partial charge is 0.323 e. The van der Waals surface area contributed by atoms with Crippen LogP contribution >= 0.6 is 0 Å². The van der Waals surface area contributed by atoms with Crippen molar-refractivity contribution in [1.29, 1.82) is 0 Å². The molecular formula is C2H9N3O2. The molecule has 0 aliphatic carbocycles. The van der Waals surface area contributed by atoms with E-state index in [1.807, 2.05) is 0 Å². The van der Waals surface area contributed by atoms with Gasteiger partial charge in [0.05, 0.1) is 0 Å². The van der Waals surface area contributed by atoms with E-state index < -0.39 is 5.97 Å². The Labute approximate surface area is 41.3 Å². The fraction of sp³-hybridized carbons (Fsp3) is 0.500. The number of carbonyl (C=O) groups excluding carboxylic acids is 1. The maximum atomic E-state index is 9.68. The molecule has 5 heteroatoms. The van der Waals surface area contributed by atoms with Gasteiger partial charge in [-0.15, -0.1) is 0 Å². The van der Waals surface area contributed by atoms with Crippen LogP contribution in [0.5, 0.6) is 0 Å². The third kappa shape index (κ3) is 10.9. The molecule has 0 unspecified atom stereocenters. The highest BCUT2D eigenvalue weighted by molar-refractivity contribution is 5.65. The summed E-state index contributed by atoms with van der Waals surface area (Å²) in [6.45, 7) is 1.25. The predicted molar refractivity (Wildman–Crippen MR) is 24.1 cm³/mol. The van der Waals surface area contributed by atoms with Crippen LogP contribution in [0.2, 0.25) is 0 Å². The van der Waals surface area contributed by atoms with Gasteiger partial charge in [-0.25, -0.2) is 5.84 Å². The highest BCUT2D eigenvalue weighted by Crippen LogP contribution is 1.59. The van der Waals surface area contributed by atoms with Crippen molar-refractivity contribution >= 4 is 5.97 Å². The summed E-state index contributed by atoms with van der Waals surface area (Å²) in [4.78, 5) is 13.6. The average molecular weight is 107 g/mol. The number of hydrogen-bond acceptors (Lipinski definition) is 5. The van der Waals surface area contributed by atoms with Crippen molar-refractivity contribution in [2.24, 2.45) is 5.84 Å². The molecule has 44 valence electrons. The molecule has 0 fully saturated rings. The molecule has 0 aromatic heterocycles. The SMILES string of the molecule is CC(=O)ONN.N. The molecule has 0 radical (unpaired) electrons. The quantitative estimate of drug-likeness (QED) is 0.297. The van der Waals surface area contributed by atoms with Crippen LogP contribution in [0.25, 0.3) is 0 Å². The van der Waals surface area contributed by atoms with Gasteiger partial charge < -0.3 is 11.0 Å². The molecule has 0 saturated carbocycles. The van der Waals surface area contributed by atoms with Crippen LogP contribution < -0.4 is 17.6 Å². The molecule has 0 aromatic carbocycles. The topological polar surface area (TPSA) is 99.3 Å². The summed E-state index contributed by atoms with van der Waals surface area (Å²) < 4.78 is 0. The van der Waals surface area contributed by atoms with Crippen molar-refractivity contribution in [2.45, 2.75) is 6.92 Å². The van der Waals surface area contributed by atoms with Crippen LogP contribution in [0.15, 0.2) is 0 Å². The minimum Gasteiger partial charge on any atom is -0.356 e. The van der Waals surface area contributed by atoms with E-state index in [4.69, 9.17) is 0 Å². The lowest BCUT2D eigenvalue weighted by molar-refractivity contribution is -0.148. The summed E-state index contributed by atoms with van der Waals surface area (Å²) in [7, 11) is 0. The molecule has 0 aliphatic rings. The van der Waals surface area contributed by atoms with E-state index in [9.17, 15) is 4.79 Å². The summed E-state index contributed by atoms with van der Waals surface area (Å²) in [6, 6.07) is 0. The van der Waals surface area contributed by atoms with Gasteiger partial charge >= 0.3 is 5.97 Å². The van der Waals surface area contributed by atoms with Crippen molar-refractivity contribution in [3.05, 3.63) is 0 Å². The third-order valence-corrected chi connectivity index (χ3v) is 0.203. The number of rotatable bonds is 1. The Kier molecular flexibility index (Phi) is 7.34. The van der Waals surface area contributed by atoms with E-state index in [1.165, 1.54) is 6.92 Å². The first-order valence-electron chi connectivity index (χ1n) is 1.40. The lowest BCUT2D eigenvalue weighted by Crippen LogP contribution is -2.24. The molecule has 0 rings (SSSR count). The van der Waals surface area contributed by atoms with Gasteiger partial charge in [0.25, 0.3) is 0 Å². The normalized spacial score (nSPS) is 6.57. The van der Waals surface area contributed by atoms with Gasteiger partial charge in [0.2, 0.25) is 0 Å². The summed E-state index contributed by atoms with van der Waals surface area (Å²) in [5.74, 6) is 4.09. The van der Waals surface area contributed by atoms with Crippen LogP contribution in [-0.2, 0) is 9.63 Å². The van der Waals surface area contributed by atoms with E-state index in [-0.39, 0.29) is 6.15 Å². The first-order valence-corrected chi connectivity index (χ1v) is 1.40. The third-order valence-electron chi connectivity index (χ3n) is 0.203. The van der Waals surface area contributed by atoms with E-state index in [0.717, 1.165) is 0 Å². The Morgan fingerprint density at radius 1 is 1.86 bits per heavy atom. The fourth-order valence-corrected chi connectivity index (χ4v) is 0.0830. The molecule has 0 spiro atoms. The number of nitrogens with one attached hydrogen (secondary N) is 1. The molecule has 0 saturated heterocycles. The first-order chi connectivity index (χ1) is 2.77. The lowest BCUT2D eigenvalue weighted by Gasteiger charge is -1.90. The van der Waals surface area contributed by atoms with Crippen LogP contribution in [-0.4, -0.2) is 5.97 Å². The van der Waals surface area contributed by atoms with Gasteiger partial charge in [-0.3, -0.25) is 4.79 Å². The van der Waals surface area contributed by atoms with Gasteiger partial charge in [-0.2, -0.15) is 0 Å². The predicted octanol–water partition coefficient (Wildman–Crippen LogP) is -0.910. The summed E-state index contributed by atoms with van der Waals surface area (Å²) in [5, 5.41) is 0. The van der Waals surface area contributed by atoms with Gasteiger partial charge in [0.1, 0.15) is 0 Å². The first kappa shape index (κ1) is 9.61. The Balaban J connectivity index is 0. The molecular weight excluding hydrogens is 98.0 g/mol. The Hall–Kier alpha value is -0.650. The lowest BCUT2D eigenvalue weighted by atomic mass is 10.8. The summed E-state index contributed by atoms with van der Waals surface area (Å²) >= 11 is 0.